The SMILES string of the molecule is Nc1c(NCCN2CCOCC2)ncnc1N1CCc2ccccc2C1. The minimum Gasteiger partial charge on any atom is -0.393 e. The predicted molar refractivity (Wildman–Crippen MR) is 103 cm³/mol. The molecule has 4 rings (SSSR count). The molecule has 0 aliphatic carbocycles. The minimum atomic E-state index is 0.633. The van der Waals surface area contributed by atoms with Crippen molar-refractivity contribution in [1.29, 1.82) is 0 Å². The van der Waals surface area contributed by atoms with Gasteiger partial charge in [-0.15, -0.1) is 0 Å². The van der Waals surface area contributed by atoms with E-state index in [1.54, 1.807) is 6.33 Å². The van der Waals surface area contributed by atoms with Crippen LogP contribution in [0.15, 0.2) is 30.6 Å². The molecule has 0 unspecified atom stereocenters. The molecule has 3 heterocycles. The first-order valence-electron chi connectivity index (χ1n) is 9.27. The summed E-state index contributed by atoms with van der Waals surface area (Å²) in [5, 5.41) is 3.37. The van der Waals surface area contributed by atoms with Crippen LogP contribution in [0.5, 0.6) is 0 Å². The van der Waals surface area contributed by atoms with Gasteiger partial charge in [0.25, 0.3) is 0 Å². The molecule has 7 nitrogen and oxygen atoms in total. The fraction of sp³-hybridized carbons (Fsp3) is 0.474. The van der Waals surface area contributed by atoms with E-state index in [-0.39, 0.29) is 0 Å². The van der Waals surface area contributed by atoms with Crippen molar-refractivity contribution in [1.82, 2.24) is 14.9 Å². The van der Waals surface area contributed by atoms with Gasteiger partial charge in [0.1, 0.15) is 12.0 Å². The molecule has 138 valence electrons. The Labute approximate surface area is 154 Å². The van der Waals surface area contributed by atoms with E-state index in [9.17, 15) is 0 Å². The molecule has 0 radical (unpaired) electrons. The molecule has 1 aromatic carbocycles. The number of nitrogen functional groups attached to an aromatic ring is 1. The quantitative estimate of drug-likeness (QED) is 0.839. The summed E-state index contributed by atoms with van der Waals surface area (Å²) in [6.07, 6.45) is 2.61. The molecule has 0 atom stereocenters. The fourth-order valence-electron chi connectivity index (χ4n) is 3.61. The van der Waals surface area contributed by atoms with Crippen molar-refractivity contribution >= 4 is 17.3 Å². The van der Waals surface area contributed by atoms with Crippen LogP contribution in [0.2, 0.25) is 0 Å². The monoisotopic (exact) mass is 354 g/mol. The number of benzene rings is 1. The van der Waals surface area contributed by atoms with Crippen LogP contribution in [0, 0.1) is 0 Å². The summed E-state index contributed by atoms with van der Waals surface area (Å²) >= 11 is 0. The summed E-state index contributed by atoms with van der Waals surface area (Å²) in [5.74, 6) is 1.55. The number of hydrogen-bond acceptors (Lipinski definition) is 7. The maximum atomic E-state index is 6.39. The first-order chi connectivity index (χ1) is 12.8. The number of anilines is 3. The van der Waals surface area contributed by atoms with E-state index < -0.39 is 0 Å². The third-order valence-corrected chi connectivity index (χ3v) is 5.12. The molecule has 7 heteroatoms. The average Bonchev–Trinajstić information content (AvgIpc) is 2.70. The van der Waals surface area contributed by atoms with Crippen LogP contribution in [-0.4, -0.2) is 60.8 Å². The first kappa shape index (κ1) is 17.1. The second-order valence-corrected chi connectivity index (χ2v) is 6.78. The van der Waals surface area contributed by atoms with Crippen LogP contribution in [0.4, 0.5) is 17.3 Å². The summed E-state index contributed by atoms with van der Waals surface area (Å²) < 4.78 is 5.38. The Balaban J connectivity index is 1.41. The summed E-state index contributed by atoms with van der Waals surface area (Å²) in [4.78, 5) is 13.4. The van der Waals surface area contributed by atoms with Gasteiger partial charge in [0.15, 0.2) is 11.6 Å². The summed E-state index contributed by atoms with van der Waals surface area (Å²) in [5.41, 5.74) is 9.79. The summed E-state index contributed by atoms with van der Waals surface area (Å²) in [6, 6.07) is 8.57. The van der Waals surface area contributed by atoms with Gasteiger partial charge >= 0.3 is 0 Å². The van der Waals surface area contributed by atoms with Crippen molar-refractivity contribution in [3.8, 4) is 0 Å². The Hall–Kier alpha value is -2.38. The maximum Gasteiger partial charge on any atom is 0.157 e. The van der Waals surface area contributed by atoms with E-state index in [0.29, 0.717) is 5.69 Å². The number of aromatic nitrogens is 2. The Morgan fingerprint density at radius 2 is 1.88 bits per heavy atom. The number of morpholine rings is 1. The van der Waals surface area contributed by atoms with Crippen molar-refractivity contribution in [2.24, 2.45) is 0 Å². The molecule has 0 amide bonds. The van der Waals surface area contributed by atoms with E-state index in [4.69, 9.17) is 10.5 Å². The molecule has 2 aromatic rings. The van der Waals surface area contributed by atoms with E-state index >= 15 is 0 Å². The van der Waals surface area contributed by atoms with Crippen LogP contribution in [0.3, 0.4) is 0 Å². The lowest BCUT2D eigenvalue weighted by Crippen LogP contribution is -2.39. The van der Waals surface area contributed by atoms with E-state index in [0.717, 1.165) is 70.5 Å². The van der Waals surface area contributed by atoms with Crippen LogP contribution in [-0.2, 0) is 17.7 Å². The molecule has 26 heavy (non-hydrogen) atoms. The lowest BCUT2D eigenvalue weighted by molar-refractivity contribution is 0.0398. The number of nitrogens with two attached hydrogens (primary N) is 1. The van der Waals surface area contributed by atoms with Crippen molar-refractivity contribution in [2.75, 3.05) is 61.9 Å². The third kappa shape index (κ3) is 3.73. The molecule has 1 aromatic heterocycles. The van der Waals surface area contributed by atoms with Gasteiger partial charge in [-0.3, -0.25) is 4.90 Å². The van der Waals surface area contributed by atoms with Gasteiger partial charge in [0.05, 0.1) is 13.2 Å². The van der Waals surface area contributed by atoms with E-state index in [2.05, 4.69) is 49.4 Å². The van der Waals surface area contributed by atoms with Crippen LogP contribution in [0.25, 0.3) is 0 Å². The molecule has 2 aliphatic rings. The standard InChI is InChI=1S/C19H26N6O/c20-17-18(21-6-8-24-9-11-26-12-10-24)22-14-23-19(17)25-7-5-15-3-1-2-4-16(15)13-25/h1-4,14H,5-13,20H2,(H,21,22,23). The van der Waals surface area contributed by atoms with Gasteiger partial charge in [-0.2, -0.15) is 0 Å². The predicted octanol–water partition coefficient (Wildman–Crippen LogP) is 1.37. The molecular weight excluding hydrogens is 328 g/mol. The second-order valence-electron chi connectivity index (χ2n) is 6.78. The number of ether oxygens (including phenoxy) is 1. The van der Waals surface area contributed by atoms with Gasteiger partial charge in [-0.05, 0) is 17.5 Å². The minimum absolute atomic E-state index is 0.633. The number of nitrogens with one attached hydrogen (secondary N) is 1. The molecule has 0 spiro atoms. The highest BCUT2D eigenvalue weighted by atomic mass is 16.5. The maximum absolute atomic E-state index is 6.39. The second kappa shape index (κ2) is 7.88. The molecule has 1 fully saturated rings. The van der Waals surface area contributed by atoms with Crippen molar-refractivity contribution in [2.45, 2.75) is 13.0 Å². The molecular formula is C19H26N6O. The smallest absolute Gasteiger partial charge is 0.157 e. The first-order valence-corrected chi connectivity index (χ1v) is 9.27. The lowest BCUT2D eigenvalue weighted by Gasteiger charge is -2.31. The Bertz CT molecular complexity index is 747. The van der Waals surface area contributed by atoms with Crippen molar-refractivity contribution in [3.63, 3.8) is 0 Å². The van der Waals surface area contributed by atoms with Crippen LogP contribution >= 0.6 is 0 Å². The Morgan fingerprint density at radius 3 is 2.73 bits per heavy atom. The van der Waals surface area contributed by atoms with Gasteiger partial charge in [0.2, 0.25) is 0 Å². The van der Waals surface area contributed by atoms with E-state index in [1.165, 1.54) is 11.1 Å². The molecule has 1 saturated heterocycles. The highest BCUT2D eigenvalue weighted by molar-refractivity contribution is 5.75. The van der Waals surface area contributed by atoms with E-state index in [1.807, 2.05) is 0 Å². The van der Waals surface area contributed by atoms with Gasteiger partial charge in [-0.1, -0.05) is 24.3 Å². The Kier molecular flexibility index (Phi) is 5.17. The summed E-state index contributed by atoms with van der Waals surface area (Å²) in [6.45, 7) is 7.13. The normalized spacial score (nSPS) is 17.8. The van der Waals surface area contributed by atoms with Crippen molar-refractivity contribution < 1.29 is 4.74 Å². The lowest BCUT2D eigenvalue weighted by atomic mass is 10.00. The third-order valence-electron chi connectivity index (χ3n) is 5.12. The Morgan fingerprint density at radius 1 is 1.08 bits per heavy atom. The largest absolute Gasteiger partial charge is 0.393 e. The fourth-order valence-corrected chi connectivity index (χ4v) is 3.61. The van der Waals surface area contributed by atoms with Gasteiger partial charge in [-0.25, -0.2) is 9.97 Å². The topological polar surface area (TPSA) is 79.5 Å². The molecule has 0 saturated carbocycles. The summed E-state index contributed by atoms with van der Waals surface area (Å²) in [7, 11) is 0. The van der Waals surface area contributed by atoms with Gasteiger partial charge < -0.3 is 20.7 Å². The molecule has 3 N–H and O–H groups in total. The van der Waals surface area contributed by atoms with Crippen LogP contribution in [0.1, 0.15) is 11.1 Å². The van der Waals surface area contributed by atoms with Crippen molar-refractivity contribution in [3.05, 3.63) is 41.7 Å². The zero-order chi connectivity index (χ0) is 17.8. The highest BCUT2D eigenvalue weighted by Gasteiger charge is 2.20. The number of nitrogens with zero attached hydrogens (tertiary/aromatic N) is 4. The number of fused-ring (bicyclic) bond motifs is 1. The zero-order valence-electron chi connectivity index (χ0n) is 15.0. The van der Waals surface area contributed by atoms with Crippen LogP contribution < -0.4 is 16.0 Å². The average molecular weight is 354 g/mol. The van der Waals surface area contributed by atoms with Gasteiger partial charge in [0, 0.05) is 39.3 Å². The molecule has 0 bridgehead atoms. The zero-order valence-corrected chi connectivity index (χ0v) is 15.0. The highest BCUT2D eigenvalue weighted by Crippen LogP contribution is 2.30. The number of hydrogen-bond donors (Lipinski definition) is 2. The number of rotatable bonds is 5. The molecule has 2 aliphatic heterocycles.